The monoisotopic (exact) mass is 199 g/mol. The third kappa shape index (κ3) is 3.87. The second-order valence-electron chi connectivity index (χ2n) is 3.32. The van der Waals surface area contributed by atoms with Gasteiger partial charge in [-0.3, -0.25) is 4.68 Å². The average Bonchev–Trinajstić information content (AvgIpc) is 2.58. The van der Waals surface area contributed by atoms with Gasteiger partial charge in [0.05, 0.1) is 25.5 Å². The fourth-order valence-corrected chi connectivity index (χ4v) is 1.12. The largest absolute Gasteiger partial charge is 0.394 e. The summed E-state index contributed by atoms with van der Waals surface area (Å²) < 4.78 is 1.84. The van der Waals surface area contributed by atoms with Gasteiger partial charge in [0.25, 0.3) is 0 Å². The molecule has 5 heteroatoms. The summed E-state index contributed by atoms with van der Waals surface area (Å²) in [4.78, 5) is 0. The molecule has 0 saturated carbocycles. The number of rotatable bonds is 6. The normalized spacial score (nSPS) is 13.1. The van der Waals surface area contributed by atoms with Crippen molar-refractivity contribution in [3.8, 4) is 0 Å². The van der Waals surface area contributed by atoms with Crippen molar-refractivity contribution in [1.82, 2.24) is 15.1 Å². The van der Waals surface area contributed by atoms with Crippen LogP contribution in [0.4, 0.5) is 0 Å². The molecule has 0 bridgehead atoms. The minimum atomic E-state index is -0.672. The van der Waals surface area contributed by atoms with E-state index in [2.05, 4.69) is 10.4 Å². The van der Waals surface area contributed by atoms with Gasteiger partial charge in [-0.1, -0.05) is 0 Å². The number of aryl methyl sites for hydroxylation is 1. The first-order valence-electron chi connectivity index (χ1n) is 4.71. The summed E-state index contributed by atoms with van der Waals surface area (Å²) in [5.41, 5.74) is 1.14. The van der Waals surface area contributed by atoms with Gasteiger partial charge < -0.3 is 15.5 Å². The molecule has 80 valence electrons. The molecule has 14 heavy (non-hydrogen) atoms. The highest BCUT2D eigenvalue weighted by Gasteiger charge is 2.00. The van der Waals surface area contributed by atoms with Crippen molar-refractivity contribution in [3.63, 3.8) is 0 Å². The summed E-state index contributed by atoms with van der Waals surface area (Å²) in [7, 11) is 0. The van der Waals surface area contributed by atoms with Crippen molar-refractivity contribution in [2.75, 3.05) is 19.7 Å². The lowest BCUT2D eigenvalue weighted by molar-refractivity contribution is 0.0943. The quantitative estimate of drug-likeness (QED) is 0.521. The zero-order valence-electron chi connectivity index (χ0n) is 8.35. The molecule has 5 nitrogen and oxygen atoms in total. The highest BCUT2D eigenvalue weighted by atomic mass is 16.3. The molecule has 0 aliphatic rings. The molecule has 0 saturated heterocycles. The van der Waals surface area contributed by atoms with E-state index in [9.17, 15) is 0 Å². The second kappa shape index (κ2) is 5.74. The highest BCUT2D eigenvalue weighted by molar-refractivity contribution is 4.99. The Bertz CT molecular complexity index is 262. The first-order valence-corrected chi connectivity index (χ1v) is 4.71. The van der Waals surface area contributed by atoms with Crippen LogP contribution in [0, 0.1) is 6.92 Å². The summed E-state index contributed by atoms with van der Waals surface area (Å²) in [5.74, 6) is 0. The number of nitrogens with zero attached hydrogens (tertiary/aromatic N) is 2. The van der Waals surface area contributed by atoms with Crippen LogP contribution in [0.15, 0.2) is 12.4 Å². The second-order valence-corrected chi connectivity index (χ2v) is 3.32. The summed E-state index contributed by atoms with van der Waals surface area (Å²) in [6, 6.07) is 0. The van der Waals surface area contributed by atoms with Crippen LogP contribution in [-0.2, 0) is 6.54 Å². The summed E-state index contributed by atoms with van der Waals surface area (Å²) >= 11 is 0. The van der Waals surface area contributed by atoms with Gasteiger partial charge in [-0.2, -0.15) is 5.10 Å². The van der Waals surface area contributed by atoms with E-state index in [0.29, 0.717) is 6.54 Å². The smallest absolute Gasteiger partial charge is 0.0894 e. The number of aliphatic hydroxyl groups excluding tert-OH is 2. The maximum Gasteiger partial charge on any atom is 0.0894 e. The van der Waals surface area contributed by atoms with Crippen LogP contribution >= 0.6 is 0 Å². The molecule has 1 aromatic heterocycles. The summed E-state index contributed by atoms with van der Waals surface area (Å²) in [6.07, 6.45) is 3.10. The molecule has 0 fully saturated rings. The van der Waals surface area contributed by atoms with Crippen LogP contribution < -0.4 is 5.32 Å². The molecule has 3 N–H and O–H groups in total. The maximum atomic E-state index is 9.02. The van der Waals surface area contributed by atoms with Gasteiger partial charge in [-0.15, -0.1) is 0 Å². The zero-order chi connectivity index (χ0) is 10.4. The van der Waals surface area contributed by atoms with Crippen LogP contribution in [0.2, 0.25) is 0 Å². The highest BCUT2D eigenvalue weighted by Crippen LogP contribution is 1.92. The molecular formula is C9H17N3O2. The number of hydrogen-bond acceptors (Lipinski definition) is 4. The Balaban J connectivity index is 2.10. The molecule has 0 aliphatic carbocycles. The Hall–Kier alpha value is -0.910. The molecule has 1 rings (SSSR count). The van der Waals surface area contributed by atoms with Crippen molar-refractivity contribution in [3.05, 3.63) is 18.0 Å². The standard InChI is InChI=1S/C9H17N3O2/c1-8-4-11-12(6-8)3-2-10-5-9(14)7-13/h4,6,9-10,13-14H,2-3,5,7H2,1H3. The van der Waals surface area contributed by atoms with E-state index >= 15 is 0 Å². The minimum Gasteiger partial charge on any atom is -0.394 e. The van der Waals surface area contributed by atoms with E-state index in [4.69, 9.17) is 10.2 Å². The van der Waals surface area contributed by atoms with E-state index in [1.165, 1.54) is 0 Å². The Kier molecular flexibility index (Phi) is 4.58. The average molecular weight is 199 g/mol. The molecule has 1 aromatic rings. The number of nitrogens with one attached hydrogen (secondary N) is 1. The molecule has 0 radical (unpaired) electrons. The van der Waals surface area contributed by atoms with E-state index < -0.39 is 6.10 Å². The maximum absolute atomic E-state index is 9.02. The first kappa shape index (κ1) is 11.2. The molecule has 0 spiro atoms. The van der Waals surface area contributed by atoms with Gasteiger partial charge in [0.2, 0.25) is 0 Å². The van der Waals surface area contributed by atoms with Crippen molar-refractivity contribution >= 4 is 0 Å². The Morgan fingerprint density at radius 1 is 1.64 bits per heavy atom. The fourth-order valence-electron chi connectivity index (χ4n) is 1.12. The van der Waals surface area contributed by atoms with Gasteiger partial charge in [0.1, 0.15) is 0 Å². The first-order chi connectivity index (χ1) is 6.72. The molecule has 0 aliphatic heterocycles. The molecular weight excluding hydrogens is 182 g/mol. The Morgan fingerprint density at radius 2 is 2.43 bits per heavy atom. The van der Waals surface area contributed by atoms with Crippen LogP contribution in [0.25, 0.3) is 0 Å². The van der Waals surface area contributed by atoms with Gasteiger partial charge in [0, 0.05) is 19.3 Å². The zero-order valence-corrected chi connectivity index (χ0v) is 8.35. The number of aromatic nitrogens is 2. The third-order valence-electron chi connectivity index (χ3n) is 1.87. The lowest BCUT2D eigenvalue weighted by atomic mass is 10.4. The minimum absolute atomic E-state index is 0.201. The topological polar surface area (TPSA) is 70.3 Å². The van der Waals surface area contributed by atoms with Crippen molar-refractivity contribution in [2.45, 2.75) is 19.6 Å². The SMILES string of the molecule is Cc1cnn(CCNCC(O)CO)c1. The van der Waals surface area contributed by atoms with E-state index in [-0.39, 0.29) is 6.61 Å². The van der Waals surface area contributed by atoms with E-state index in [1.54, 1.807) is 0 Å². The predicted molar refractivity (Wildman–Crippen MR) is 52.9 cm³/mol. The van der Waals surface area contributed by atoms with Crippen LogP contribution in [-0.4, -0.2) is 45.8 Å². The van der Waals surface area contributed by atoms with Gasteiger partial charge in [-0.05, 0) is 12.5 Å². The number of hydrogen-bond donors (Lipinski definition) is 3. The molecule has 0 amide bonds. The Labute approximate surface area is 83.4 Å². The third-order valence-corrected chi connectivity index (χ3v) is 1.87. The van der Waals surface area contributed by atoms with Crippen molar-refractivity contribution in [1.29, 1.82) is 0 Å². The van der Waals surface area contributed by atoms with E-state index in [1.807, 2.05) is 24.0 Å². The molecule has 0 aromatic carbocycles. The van der Waals surface area contributed by atoms with Crippen molar-refractivity contribution in [2.24, 2.45) is 0 Å². The molecule has 1 unspecified atom stereocenters. The Morgan fingerprint density at radius 3 is 3.00 bits per heavy atom. The van der Waals surface area contributed by atoms with Crippen LogP contribution in [0.3, 0.4) is 0 Å². The predicted octanol–water partition coefficient (Wildman–Crippen LogP) is -0.866. The van der Waals surface area contributed by atoms with Crippen LogP contribution in [0.5, 0.6) is 0 Å². The molecule has 1 heterocycles. The molecule has 1 atom stereocenters. The lowest BCUT2D eigenvalue weighted by Crippen LogP contribution is -2.31. The number of aliphatic hydroxyl groups is 2. The fraction of sp³-hybridized carbons (Fsp3) is 0.667. The van der Waals surface area contributed by atoms with Crippen LogP contribution in [0.1, 0.15) is 5.56 Å². The summed E-state index contributed by atoms with van der Waals surface area (Å²) in [5, 5.41) is 24.7. The van der Waals surface area contributed by atoms with E-state index in [0.717, 1.165) is 18.7 Å². The van der Waals surface area contributed by atoms with Crippen molar-refractivity contribution < 1.29 is 10.2 Å². The van der Waals surface area contributed by atoms with Gasteiger partial charge in [-0.25, -0.2) is 0 Å². The van der Waals surface area contributed by atoms with Gasteiger partial charge in [0.15, 0.2) is 0 Å². The summed E-state index contributed by atoms with van der Waals surface area (Å²) in [6.45, 7) is 3.71. The lowest BCUT2D eigenvalue weighted by Gasteiger charge is -2.08. The van der Waals surface area contributed by atoms with Gasteiger partial charge >= 0.3 is 0 Å².